The minimum atomic E-state index is 0.139. The van der Waals surface area contributed by atoms with Crippen molar-refractivity contribution in [2.45, 2.75) is 46.6 Å². The summed E-state index contributed by atoms with van der Waals surface area (Å²) in [4.78, 5) is 9.03. The Labute approximate surface area is 155 Å². The van der Waals surface area contributed by atoms with Gasteiger partial charge in [0.25, 0.3) is 0 Å². The van der Waals surface area contributed by atoms with Crippen molar-refractivity contribution in [1.82, 2.24) is 9.97 Å². The molecule has 0 radical (unpaired) electrons. The maximum Gasteiger partial charge on any atom is 0.161 e. The molecule has 26 heavy (non-hydrogen) atoms. The van der Waals surface area contributed by atoms with Gasteiger partial charge in [0, 0.05) is 12.8 Å². The molecule has 7 nitrogen and oxygen atoms in total. The lowest BCUT2D eigenvalue weighted by Crippen LogP contribution is -2.26. The van der Waals surface area contributed by atoms with E-state index in [1.165, 1.54) is 5.56 Å². The summed E-state index contributed by atoms with van der Waals surface area (Å²) in [5.41, 5.74) is 6.81. The Bertz CT molecular complexity index is 734. The summed E-state index contributed by atoms with van der Waals surface area (Å²) < 4.78 is 5.26. The highest BCUT2D eigenvalue weighted by Gasteiger charge is 2.16. The predicted octanol–water partition coefficient (Wildman–Crippen LogP) is 3.52. The van der Waals surface area contributed by atoms with Gasteiger partial charge in [-0.25, -0.2) is 9.97 Å². The van der Waals surface area contributed by atoms with E-state index >= 15 is 0 Å². The van der Waals surface area contributed by atoms with Crippen LogP contribution in [-0.4, -0.2) is 29.7 Å². The molecule has 0 saturated heterocycles. The first-order valence-electron chi connectivity index (χ1n) is 8.99. The SMILES string of the molecule is CCc1ccc(Nc2nc(C)nc(NC(CC)COC)c2NN)c(C)c1. The molecule has 0 amide bonds. The number of nitrogens with zero attached hydrogens (tertiary/aromatic N) is 2. The number of hydrazine groups is 1. The summed E-state index contributed by atoms with van der Waals surface area (Å²) in [6, 6.07) is 6.50. The number of anilines is 4. The van der Waals surface area contributed by atoms with Gasteiger partial charge < -0.3 is 20.8 Å². The van der Waals surface area contributed by atoms with Crippen LogP contribution in [0.25, 0.3) is 0 Å². The molecule has 1 heterocycles. The number of nitrogens with one attached hydrogen (secondary N) is 3. The van der Waals surface area contributed by atoms with E-state index in [1.807, 2.05) is 6.92 Å². The number of benzene rings is 1. The van der Waals surface area contributed by atoms with Crippen molar-refractivity contribution in [3.63, 3.8) is 0 Å². The molecule has 1 aromatic carbocycles. The zero-order valence-electron chi connectivity index (χ0n) is 16.3. The Morgan fingerprint density at radius 1 is 1.15 bits per heavy atom. The minimum Gasteiger partial charge on any atom is -0.383 e. The lowest BCUT2D eigenvalue weighted by Gasteiger charge is -2.21. The Hall–Kier alpha value is -2.38. The molecule has 0 saturated carbocycles. The van der Waals surface area contributed by atoms with E-state index < -0.39 is 0 Å². The topological polar surface area (TPSA) is 97.1 Å². The number of methoxy groups -OCH3 is 1. The van der Waals surface area contributed by atoms with Gasteiger partial charge in [0.05, 0.1) is 12.6 Å². The number of nitrogens with two attached hydrogens (primary N) is 1. The van der Waals surface area contributed by atoms with Crippen LogP contribution in [0.4, 0.5) is 23.0 Å². The third kappa shape index (κ3) is 4.83. The van der Waals surface area contributed by atoms with E-state index in [4.69, 9.17) is 10.6 Å². The summed E-state index contributed by atoms with van der Waals surface area (Å²) in [6.07, 6.45) is 1.91. The second kappa shape index (κ2) is 9.35. The molecule has 0 aliphatic carbocycles. The van der Waals surface area contributed by atoms with Crippen molar-refractivity contribution in [1.29, 1.82) is 0 Å². The number of hydrogen-bond acceptors (Lipinski definition) is 7. The van der Waals surface area contributed by atoms with Gasteiger partial charge in [0.2, 0.25) is 0 Å². The van der Waals surface area contributed by atoms with Crippen LogP contribution in [0.5, 0.6) is 0 Å². The van der Waals surface area contributed by atoms with Gasteiger partial charge >= 0.3 is 0 Å². The van der Waals surface area contributed by atoms with Crippen molar-refractivity contribution in [2.75, 3.05) is 29.8 Å². The molecule has 1 unspecified atom stereocenters. The molecule has 5 N–H and O–H groups in total. The molecule has 0 spiro atoms. The normalized spacial score (nSPS) is 11.9. The summed E-state index contributed by atoms with van der Waals surface area (Å²) >= 11 is 0. The summed E-state index contributed by atoms with van der Waals surface area (Å²) in [6.45, 7) is 8.77. The van der Waals surface area contributed by atoms with Crippen LogP contribution in [0, 0.1) is 13.8 Å². The summed E-state index contributed by atoms with van der Waals surface area (Å²) in [7, 11) is 1.69. The van der Waals surface area contributed by atoms with E-state index in [1.54, 1.807) is 7.11 Å². The number of ether oxygens (including phenoxy) is 1. The Morgan fingerprint density at radius 2 is 1.88 bits per heavy atom. The third-order valence-corrected chi connectivity index (χ3v) is 4.32. The largest absolute Gasteiger partial charge is 0.383 e. The number of hydrogen-bond donors (Lipinski definition) is 4. The highest BCUT2D eigenvalue weighted by Crippen LogP contribution is 2.31. The molecule has 142 valence electrons. The predicted molar refractivity (Wildman–Crippen MR) is 108 cm³/mol. The van der Waals surface area contributed by atoms with E-state index in [9.17, 15) is 0 Å². The van der Waals surface area contributed by atoms with Crippen LogP contribution in [0.2, 0.25) is 0 Å². The van der Waals surface area contributed by atoms with Gasteiger partial charge in [0.1, 0.15) is 11.5 Å². The van der Waals surface area contributed by atoms with Gasteiger partial charge in [-0.15, -0.1) is 0 Å². The van der Waals surface area contributed by atoms with Gasteiger partial charge in [-0.3, -0.25) is 5.84 Å². The molecule has 1 aromatic heterocycles. The van der Waals surface area contributed by atoms with E-state index in [0.29, 0.717) is 29.8 Å². The smallest absolute Gasteiger partial charge is 0.161 e. The van der Waals surface area contributed by atoms with Crippen LogP contribution >= 0.6 is 0 Å². The molecule has 0 fully saturated rings. The van der Waals surface area contributed by atoms with Crippen LogP contribution in [-0.2, 0) is 11.2 Å². The zero-order valence-corrected chi connectivity index (χ0v) is 16.3. The summed E-state index contributed by atoms with van der Waals surface area (Å²) in [5.74, 6) is 7.75. The summed E-state index contributed by atoms with van der Waals surface area (Å²) in [5, 5.41) is 6.77. The second-order valence-electron chi connectivity index (χ2n) is 6.32. The Balaban J connectivity index is 2.36. The second-order valence-corrected chi connectivity index (χ2v) is 6.32. The average Bonchev–Trinajstić information content (AvgIpc) is 2.62. The first-order valence-corrected chi connectivity index (χ1v) is 8.99. The fourth-order valence-corrected chi connectivity index (χ4v) is 2.77. The van der Waals surface area contributed by atoms with Gasteiger partial charge in [0.15, 0.2) is 11.6 Å². The zero-order chi connectivity index (χ0) is 19.1. The van der Waals surface area contributed by atoms with E-state index in [-0.39, 0.29) is 6.04 Å². The lowest BCUT2D eigenvalue weighted by atomic mass is 10.1. The molecule has 1 atom stereocenters. The van der Waals surface area contributed by atoms with Crippen LogP contribution in [0.3, 0.4) is 0 Å². The lowest BCUT2D eigenvalue weighted by molar-refractivity contribution is 0.184. The van der Waals surface area contributed by atoms with Crippen molar-refractivity contribution in [2.24, 2.45) is 5.84 Å². The van der Waals surface area contributed by atoms with Gasteiger partial charge in [-0.1, -0.05) is 26.0 Å². The maximum atomic E-state index is 5.79. The highest BCUT2D eigenvalue weighted by molar-refractivity contribution is 5.80. The van der Waals surface area contributed by atoms with Crippen LogP contribution in [0.1, 0.15) is 37.2 Å². The van der Waals surface area contributed by atoms with Crippen molar-refractivity contribution in [3.8, 4) is 0 Å². The van der Waals surface area contributed by atoms with Gasteiger partial charge in [-0.2, -0.15) is 0 Å². The molecular formula is C19H30N6O. The Kier molecular flexibility index (Phi) is 7.17. The maximum absolute atomic E-state index is 5.79. The number of rotatable bonds is 9. The fraction of sp³-hybridized carbons (Fsp3) is 0.474. The number of aromatic nitrogens is 2. The molecule has 2 aromatic rings. The molecule has 7 heteroatoms. The Morgan fingerprint density at radius 3 is 2.46 bits per heavy atom. The first kappa shape index (κ1) is 19.9. The van der Waals surface area contributed by atoms with E-state index in [2.05, 4.69) is 65.0 Å². The standard InChI is InChI=1S/C19H30N6O/c1-6-14-8-9-16(12(3)10-14)24-19-17(25-20)18(21-13(4)22-19)23-15(7-2)11-26-5/h8-10,15,25H,6-7,11,20H2,1-5H3,(H2,21,22,23,24). The van der Waals surface area contributed by atoms with Gasteiger partial charge in [-0.05, 0) is 43.9 Å². The highest BCUT2D eigenvalue weighted by atomic mass is 16.5. The molecule has 0 aliphatic rings. The third-order valence-electron chi connectivity index (χ3n) is 4.32. The number of aryl methyl sites for hydroxylation is 3. The van der Waals surface area contributed by atoms with Crippen LogP contribution < -0.4 is 21.9 Å². The monoisotopic (exact) mass is 358 g/mol. The van der Waals surface area contributed by atoms with Crippen molar-refractivity contribution >= 4 is 23.0 Å². The van der Waals surface area contributed by atoms with Crippen molar-refractivity contribution < 1.29 is 4.74 Å². The molecule has 0 bridgehead atoms. The molecule has 0 aliphatic heterocycles. The van der Waals surface area contributed by atoms with Crippen molar-refractivity contribution in [3.05, 3.63) is 35.2 Å². The quantitative estimate of drug-likeness (QED) is 0.402. The average molecular weight is 358 g/mol. The first-order chi connectivity index (χ1) is 12.5. The van der Waals surface area contributed by atoms with E-state index in [0.717, 1.165) is 24.1 Å². The molecule has 2 rings (SSSR count). The number of nitrogen functional groups attached to an aromatic ring is 1. The minimum absolute atomic E-state index is 0.139. The molecular weight excluding hydrogens is 328 g/mol. The fourth-order valence-electron chi connectivity index (χ4n) is 2.77. The van der Waals surface area contributed by atoms with Crippen LogP contribution in [0.15, 0.2) is 18.2 Å².